The number of rotatable bonds is 12. The van der Waals surface area contributed by atoms with Crippen LogP contribution in [0.15, 0.2) is 59.8 Å². The van der Waals surface area contributed by atoms with E-state index in [2.05, 4.69) is 29.4 Å². The summed E-state index contributed by atoms with van der Waals surface area (Å²) in [6.45, 7) is 7.32. The molecule has 0 aliphatic carbocycles. The number of para-hydroxylation sites is 1. The van der Waals surface area contributed by atoms with Crippen molar-refractivity contribution in [2.24, 2.45) is 5.92 Å². The van der Waals surface area contributed by atoms with Gasteiger partial charge in [0.15, 0.2) is 11.0 Å². The standard InChI is InChI=1S/C26H33N5O3S/c1-19(2)14-15-31-23(17-34-22-8-6-5-7-9-22)28-29-26(31)35-18-25(33)30(4)16-24(32)27-21-12-10-20(3)11-13-21/h5-13,19H,14-18H2,1-4H3,(H,27,32). The second kappa shape index (κ2) is 12.9. The van der Waals surface area contributed by atoms with Gasteiger partial charge in [-0.25, -0.2) is 0 Å². The summed E-state index contributed by atoms with van der Waals surface area (Å²) >= 11 is 1.32. The molecule has 8 nitrogen and oxygen atoms in total. The van der Waals surface area contributed by atoms with Gasteiger partial charge in [0.25, 0.3) is 0 Å². The highest BCUT2D eigenvalue weighted by Crippen LogP contribution is 2.20. The fraction of sp³-hybridized carbons (Fsp3) is 0.385. The van der Waals surface area contributed by atoms with Gasteiger partial charge in [0.2, 0.25) is 11.8 Å². The zero-order chi connectivity index (χ0) is 25.2. The second-order valence-corrected chi connectivity index (χ2v) is 9.73. The van der Waals surface area contributed by atoms with Crippen LogP contribution in [0.2, 0.25) is 0 Å². The third-order valence-electron chi connectivity index (χ3n) is 5.30. The van der Waals surface area contributed by atoms with Crippen LogP contribution < -0.4 is 10.1 Å². The maximum absolute atomic E-state index is 12.7. The lowest BCUT2D eigenvalue weighted by atomic mass is 10.1. The smallest absolute Gasteiger partial charge is 0.243 e. The first-order valence-electron chi connectivity index (χ1n) is 11.6. The molecule has 0 aliphatic heterocycles. The van der Waals surface area contributed by atoms with Crippen molar-refractivity contribution in [3.63, 3.8) is 0 Å². The molecule has 0 saturated carbocycles. The van der Waals surface area contributed by atoms with Crippen molar-refractivity contribution in [2.45, 2.75) is 45.5 Å². The van der Waals surface area contributed by atoms with E-state index in [1.165, 1.54) is 16.7 Å². The summed E-state index contributed by atoms with van der Waals surface area (Å²) in [5.74, 6) is 1.76. The van der Waals surface area contributed by atoms with Crippen molar-refractivity contribution in [2.75, 3.05) is 24.7 Å². The summed E-state index contributed by atoms with van der Waals surface area (Å²) in [4.78, 5) is 26.4. The lowest BCUT2D eigenvalue weighted by Gasteiger charge is -2.17. The van der Waals surface area contributed by atoms with Gasteiger partial charge in [-0.15, -0.1) is 10.2 Å². The summed E-state index contributed by atoms with van der Waals surface area (Å²) in [5, 5.41) is 12.1. The Balaban J connectivity index is 1.56. The van der Waals surface area contributed by atoms with Crippen molar-refractivity contribution < 1.29 is 14.3 Å². The van der Waals surface area contributed by atoms with E-state index in [9.17, 15) is 9.59 Å². The van der Waals surface area contributed by atoms with E-state index in [4.69, 9.17) is 4.74 Å². The Labute approximate surface area is 211 Å². The van der Waals surface area contributed by atoms with E-state index >= 15 is 0 Å². The quantitative estimate of drug-likeness (QED) is 0.375. The number of benzene rings is 2. The molecule has 186 valence electrons. The predicted molar refractivity (Wildman–Crippen MR) is 138 cm³/mol. The topological polar surface area (TPSA) is 89.3 Å². The number of hydrogen-bond donors (Lipinski definition) is 1. The summed E-state index contributed by atoms with van der Waals surface area (Å²) in [7, 11) is 1.63. The van der Waals surface area contributed by atoms with Crippen LogP contribution in [0.5, 0.6) is 5.75 Å². The van der Waals surface area contributed by atoms with Crippen LogP contribution in [0.4, 0.5) is 5.69 Å². The number of ether oxygens (including phenoxy) is 1. The Kier molecular flexibility index (Phi) is 9.72. The SMILES string of the molecule is Cc1ccc(NC(=O)CN(C)C(=O)CSc2nnc(COc3ccccc3)n2CCC(C)C)cc1. The predicted octanol–water partition coefficient (Wildman–Crippen LogP) is 4.40. The van der Waals surface area contributed by atoms with Gasteiger partial charge in [0.05, 0.1) is 12.3 Å². The molecule has 0 bridgehead atoms. The number of anilines is 1. The Morgan fingerprint density at radius 1 is 1.09 bits per heavy atom. The van der Waals surface area contributed by atoms with Crippen LogP contribution in [0.25, 0.3) is 0 Å². The molecule has 0 radical (unpaired) electrons. The van der Waals surface area contributed by atoms with Gasteiger partial charge in [0, 0.05) is 19.3 Å². The van der Waals surface area contributed by atoms with Crippen molar-refractivity contribution in [3.05, 3.63) is 66.0 Å². The maximum atomic E-state index is 12.7. The Morgan fingerprint density at radius 3 is 2.49 bits per heavy atom. The van der Waals surface area contributed by atoms with Crippen LogP contribution in [-0.2, 0) is 22.7 Å². The average molecular weight is 496 g/mol. The highest BCUT2D eigenvalue weighted by atomic mass is 32.2. The molecule has 0 aliphatic rings. The van der Waals surface area contributed by atoms with Crippen molar-refractivity contribution in [1.82, 2.24) is 19.7 Å². The first-order valence-corrected chi connectivity index (χ1v) is 12.6. The number of amides is 2. The lowest BCUT2D eigenvalue weighted by molar-refractivity contribution is -0.131. The molecule has 0 fully saturated rings. The first-order chi connectivity index (χ1) is 16.8. The van der Waals surface area contributed by atoms with Crippen molar-refractivity contribution in [1.29, 1.82) is 0 Å². The lowest BCUT2D eigenvalue weighted by Crippen LogP contribution is -2.36. The van der Waals surface area contributed by atoms with E-state index in [0.717, 1.165) is 30.1 Å². The Morgan fingerprint density at radius 2 is 1.80 bits per heavy atom. The molecule has 3 aromatic rings. The van der Waals surface area contributed by atoms with Gasteiger partial charge >= 0.3 is 0 Å². The van der Waals surface area contributed by atoms with E-state index in [0.29, 0.717) is 23.4 Å². The number of likely N-dealkylation sites (N-methyl/N-ethyl adjacent to an activating group) is 1. The number of hydrogen-bond acceptors (Lipinski definition) is 6. The van der Waals surface area contributed by atoms with E-state index in [1.54, 1.807) is 7.05 Å². The minimum Gasteiger partial charge on any atom is -0.486 e. The van der Waals surface area contributed by atoms with Crippen LogP contribution in [-0.4, -0.2) is 50.8 Å². The van der Waals surface area contributed by atoms with Gasteiger partial charge in [-0.05, 0) is 43.5 Å². The van der Waals surface area contributed by atoms with Crippen LogP contribution in [0.1, 0.15) is 31.7 Å². The second-order valence-electron chi connectivity index (χ2n) is 8.79. The highest BCUT2D eigenvalue weighted by Gasteiger charge is 2.18. The highest BCUT2D eigenvalue weighted by molar-refractivity contribution is 7.99. The monoisotopic (exact) mass is 495 g/mol. The average Bonchev–Trinajstić information content (AvgIpc) is 3.23. The van der Waals surface area contributed by atoms with E-state index in [-0.39, 0.29) is 24.1 Å². The van der Waals surface area contributed by atoms with E-state index in [1.807, 2.05) is 66.1 Å². The van der Waals surface area contributed by atoms with Gasteiger partial charge in [0.1, 0.15) is 12.4 Å². The zero-order valence-corrected chi connectivity index (χ0v) is 21.5. The molecule has 0 unspecified atom stereocenters. The first kappa shape index (κ1) is 26.3. The molecule has 2 amide bonds. The third-order valence-corrected chi connectivity index (χ3v) is 6.25. The van der Waals surface area contributed by atoms with Crippen LogP contribution >= 0.6 is 11.8 Å². The normalized spacial score (nSPS) is 10.9. The number of nitrogens with zero attached hydrogens (tertiary/aromatic N) is 4. The summed E-state index contributed by atoms with van der Waals surface area (Å²) in [6, 6.07) is 17.1. The van der Waals surface area contributed by atoms with Gasteiger partial charge < -0.3 is 19.5 Å². The summed E-state index contributed by atoms with van der Waals surface area (Å²) < 4.78 is 7.88. The maximum Gasteiger partial charge on any atom is 0.243 e. The molecule has 35 heavy (non-hydrogen) atoms. The van der Waals surface area contributed by atoms with Gasteiger partial charge in [-0.1, -0.05) is 61.5 Å². The largest absolute Gasteiger partial charge is 0.486 e. The Hall–Kier alpha value is -3.33. The minimum atomic E-state index is -0.241. The fourth-order valence-electron chi connectivity index (χ4n) is 3.19. The van der Waals surface area contributed by atoms with Crippen LogP contribution in [0, 0.1) is 12.8 Å². The molecular weight excluding hydrogens is 462 g/mol. The number of aromatic nitrogens is 3. The van der Waals surface area contributed by atoms with Gasteiger partial charge in [-0.3, -0.25) is 9.59 Å². The molecule has 2 aromatic carbocycles. The molecule has 3 rings (SSSR count). The molecule has 1 heterocycles. The zero-order valence-electron chi connectivity index (χ0n) is 20.7. The number of carbonyl (C=O) groups excluding carboxylic acids is 2. The van der Waals surface area contributed by atoms with Crippen molar-refractivity contribution in [3.8, 4) is 5.75 Å². The molecular formula is C26H33N5O3S. The molecule has 9 heteroatoms. The molecule has 0 spiro atoms. The summed E-state index contributed by atoms with van der Waals surface area (Å²) in [6.07, 6.45) is 0.955. The molecule has 1 N–H and O–H groups in total. The third kappa shape index (κ3) is 8.43. The summed E-state index contributed by atoms with van der Waals surface area (Å²) in [5.41, 5.74) is 1.82. The Bertz CT molecular complexity index is 1100. The number of carbonyl (C=O) groups is 2. The number of thioether (sulfide) groups is 1. The fourth-order valence-corrected chi connectivity index (χ4v) is 4.11. The molecule has 0 atom stereocenters. The van der Waals surface area contributed by atoms with Crippen molar-refractivity contribution >= 4 is 29.3 Å². The molecule has 0 saturated heterocycles. The molecule has 1 aromatic heterocycles. The van der Waals surface area contributed by atoms with Crippen LogP contribution in [0.3, 0.4) is 0 Å². The van der Waals surface area contributed by atoms with E-state index < -0.39 is 0 Å². The van der Waals surface area contributed by atoms with Gasteiger partial charge in [-0.2, -0.15) is 0 Å². The number of aryl methyl sites for hydroxylation is 1. The minimum absolute atomic E-state index is 0.0243. The number of nitrogens with one attached hydrogen (secondary N) is 1.